The number of methoxy groups -OCH3 is 1. The Labute approximate surface area is 197 Å². The van der Waals surface area contributed by atoms with Crippen LogP contribution in [0.4, 0.5) is 5.95 Å². The highest BCUT2D eigenvalue weighted by atomic mass is 35.5. The summed E-state index contributed by atoms with van der Waals surface area (Å²) in [5.74, 6) is 0.950. The van der Waals surface area contributed by atoms with Gasteiger partial charge >= 0.3 is 0 Å². The third kappa shape index (κ3) is 4.25. The number of carbonyl (C=O) groups excluding carboxylic acids is 1. The number of hydrogen-bond donors (Lipinski definition) is 2. The van der Waals surface area contributed by atoms with Crippen molar-refractivity contribution in [2.75, 3.05) is 12.4 Å². The maximum atomic E-state index is 11.6. The molecule has 0 radical (unpaired) electrons. The fourth-order valence-corrected chi connectivity index (χ4v) is 4.61. The number of nitrogens with one attached hydrogen (secondary N) is 2. The van der Waals surface area contributed by atoms with E-state index in [0.29, 0.717) is 21.7 Å². The molecule has 6 nitrogen and oxygen atoms in total. The summed E-state index contributed by atoms with van der Waals surface area (Å²) >= 11 is 13.3. The number of aryl methyl sites for hydroxylation is 1. The third-order valence-electron chi connectivity index (χ3n) is 5.81. The van der Waals surface area contributed by atoms with E-state index in [1.165, 1.54) is 6.08 Å². The van der Waals surface area contributed by atoms with Crippen LogP contribution >= 0.6 is 23.2 Å². The van der Waals surface area contributed by atoms with Crippen LogP contribution in [0.3, 0.4) is 0 Å². The van der Waals surface area contributed by atoms with E-state index in [9.17, 15) is 4.79 Å². The summed E-state index contributed by atoms with van der Waals surface area (Å²) in [6, 6.07) is 7.86. The van der Waals surface area contributed by atoms with Crippen LogP contribution in [-0.2, 0) is 11.2 Å². The summed E-state index contributed by atoms with van der Waals surface area (Å²) < 4.78 is 5.45. The molecule has 1 amide bonds. The minimum Gasteiger partial charge on any atom is -0.495 e. The van der Waals surface area contributed by atoms with Crippen molar-refractivity contribution in [2.45, 2.75) is 38.3 Å². The molecule has 0 bridgehead atoms. The molecule has 166 valence electrons. The molecule has 1 saturated carbocycles. The van der Waals surface area contributed by atoms with Crippen molar-refractivity contribution in [3.8, 4) is 16.9 Å². The van der Waals surface area contributed by atoms with Crippen LogP contribution in [0, 0.1) is 0 Å². The first kappa shape index (κ1) is 22.4. The highest BCUT2D eigenvalue weighted by Gasteiger charge is 2.32. The normalized spacial score (nSPS) is 17.5. The highest BCUT2D eigenvalue weighted by Crippen LogP contribution is 2.43. The van der Waals surface area contributed by atoms with Gasteiger partial charge in [-0.05, 0) is 54.7 Å². The van der Waals surface area contributed by atoms with E-state index in [4.69, 9.17) is 27.9 Å². The van der Waals surface area contributed by atoms with Gasteiger partial charge in [0.1, 0.15) is 5.75 Å². The van der Waals surface area contributed by atoms with Crippen molar-refractivity contribution >= 4 is 46.0 Å². The SMILES string of the molecule is C=CC(=O)NC1CCC1Nc1ncc2cc(-c3c(Cl)c(CC)cc(OC)c3Cl)ccc2n1. The molecule has 2 aromatic carbocycles. The number of fused-ring (bicyclic) bond motifs is 1. The molecule has 2 atom stereocenters. The molecular formula is C24H24Cl2N4O2. The Morgan fingerprint density at radius 3 is 2.69 bits per heavy atom. The Kier molecular flexibility index (Phi) is 6.53. The first-order chi connectivity index (χ1) is 15.4. The van der Waals surface area contributed by atoms with Crippen LogP contribution in [0.5, 0.6) is 5.75 Å². The zero-order chi connectivity index (χ0) is 22.8. The highest BCUT2D eigenvalue weighted by molar-refractivity contribution is 6.40. The van der Waals surface area contributed by atoms with Crippen LogP contribution in [0.15, 0.2) is 43.1 Å². The van der Waals surface area contributed by atoms with E-state index < -0.39 is 0 Å². The van der Waals surface area contributed by atoms with Gasteiger partial charge in [-0.2, -0.15) is 0 Å². The molecule has 32 heavy (non-hydrogen) atoms. The van der Waals surface area contributed by atoms with Crippen LogP contribution < -0.4 is 15.4 Å². The molecule has 2 unspecified atom stereocenters. The van der Waals surface area contributed by atoms with Crippen molar-refractivity contribution in [3.05, 3.63) is 58.7 Å². The maximum absolute atomic E-state index is 11.6. The number of rotatable bonds is 7. The Balaban J connectivity index is 1.62. The predicted molar refractivity (Wildman–Crippen MR) is 130 cm³/mol. The van der Waals surface area contributed by atoms with Crippen molar-refractivity contribution in [1.82, 2.24) is 15.3 Å². The van der Waals surface area contributed by atoms with Crippen molar-refractivity contribution in [1.29, 1.82) is 0 Å². The number of aromatic nitrogens is 2. The molecule has 1 aliphatic carbocycles. The number of carbonyl (C=O) groups is 1. The average molecular weight is 471 g/mol. The zero-order valence-corrected chi connectivity index (χ0v) is 19.4. The lowest BCUT2D eigenvalue weighted by molar-refractivity contribution is -0.117. The molecule has 4 rings (SSSR count). The van der Waals surface area contributed by atoms with Gasteiger partial charge in [-0.3, -0.25) is 4.79 Å². The standard InChI is InChI=1S/C24H24Cl2N4O2/c1-4-13-11-19(32-3)23(26)21(22(13)25)14-6-7-16-15(10-14)12-27-24(29-16)30-18-9-8-17(18)28-20(31)5-2/h5-7,10-12,17-18H,2,4,8-9H2,1,3H3,(H,28,31)(H,27,29,30). The van der Waals surface area contributed by atoms with Crippen LogP contribution in [0.25, 0.3) is 22.0 Å². The second kappa shape index (κ2) is 9.35. The fraction of sp³-hybridized carbons (Fsp3) is 0.292. The summed E-state index contributed by atoms with van der Waals surface area (Å²) in [6.07, 6.45) is 5.67. The Hall–Kier alpha value is -2.83. The van der Waals surface area contributed by atoms with Gasteiger partial charge in [0.05, 0.1) is 22.7 Å². The maximum Gasteiger partial charge on any atom is 0.243 e. The molecule has 1 aliphatic rings. The van der Waals surface area contributed by atoms with Gasteiger partial charge in [-0.15, -0.1) is 0 Å². The van der Waals surface area contributed by atoms with E-state index in [0.717, 1.165) is 46.9 Å². The van der Waals surface area contributed by atoms with Crippen molar-refractivity contribution in [2.24, 2.45) is 0 Å². The molecule has 1 aromatic heterocycles. The number of hydrogen-bond acceptors (Lipinski definition) is 5. The van der Waals surface area contributed by atoms with Gasteiger partial charge in [0.2, 0.25) is 11.9 Å². The number of anilines is 1. The van der Waals surface area contributed by atoms with Gasteiger partial charge < -0.3 is 15.4 Å². The Morgan fingerprint density at radius 2 is 2.03 bits per heavy atom. The summed E-state index contributed by atoms with van der Waals surface area (Å²) in [6.45, 7) is 5.53. The lowest BCUT2D eigenvalue weighted by Gasteiger charge is -2.37. The van der Waals surface area contributed by atoms with E-state index in [2.05, 4.69) is 27.2 Å². The number of ether oxygens (including phenoxy) is 1. The zero-order valence-electron chi connectivity index (χ0n) is 17.9. The molecule has 0 saturated heterocycles. The average Bonchev–Trinajstić information content (AvgIpc) is 2.80. The molecule has 0 spiro atoms. The van der Waals surface area contributed by atoms with Crippen LogP contribution in [-0.4, -0.2) is 35.1 Å². The molecule has 2 N–H and O–H groups in total. The number of halogens is 2. The van der Waals surface area contributed by atoms with Gasteiger partial charge in [0, 0.05) is 29.2 Å². The number of amides is 1. The summed E-state index contributed by atoms with van der Waals surface area (Å²) in [5.41, 5.74) is 3.38. The first-order valence-corrected chi connectivity index (χ1v) is 11.2. The molecule has 0 aliphatic heterocycles. The van der Waals surface area contributed by atoms with Gasteiger partial charge in [0.25, 0.3) is 0 Å². The second-order valence-corrected chi connectivity index (χ2v) is 8.46. The first-order valence-electron chi connectivity index (χ1n) is 10.5. The fourth-order valence-electron chi connectivity index (χ4n) is 3.84. The predicted octanol–water partition coefficient (Wildman–Crippen LogP) is 5.42. The Morgan fingerprint density at radius 1 is 1.25 bits per heavy atom. The molecule has 8 heteroatoms. The second-order valence-electron chi connectivity index (χ2n) is 7.71. The van der Waals surface area contributed by atoms with E-state index >= 15 is 0 Å². The van der Waals surface area contributed by atoms with E-state index in [1.54, 1.807) is 13.3 Å². The number of nitrogens with zero attached hydrogens (tertiary/aromatic N) is 2. The molecular weight excluding hydrogens is 447 g/mol. The third-order valence-corrected chi connectivity index (χ3v) is 6.62. The summed E-state index contributed by atoms with van der Waals surface area (Å²) in [5, 5.41) is 8.20. The van der Waals surface area contributed by atoms with Gasteiger partial charge in [-0.25, -0.2) is 9.97 Å². The minimum atomic E-state index is -0.172. The van der Waals surface area contributed by atoms with Crippen molar-refractivity contribution < 1.29 is 9.53 Å². The van der Waals surface area contributed by atoms with Crippen LogP contribution in [0.1, 0.15) is 25.3 Å². The lowest BCUT2D eigenvalue weighted by Crippen LogP contribution is -2.53. The topological polar surface area (TPSA) is 76.1 Å². The summed E-state index contributed by atoms with van der Waals surface area (Å²) in [4.78, 5) is 20.6. The molecule has 1 heterocycles. The van der Waals surface area contributed by atoms with Gasteiger partial charge in [0.15, 0.2) is 0 Å². The van der Waals surface area contributed by atoms with Crippen molar-refractivity contribution in [3.63, 3.8) is 0 Å². The molecule has 3 aromatic rings. The minimum absolute atomic E-state index is 0.0484. The smallest absolute Gasteiger partial charge is 0.243 e. The lowest BCUT2D eigenvalue weighted by atomic mass is 9.86. The monoisotopic (exact) mass is 470 g/mol. The van der Waals surface area contributed by atoms with E-state index in [1.807, 2.05) is 31.2 Å². The number of benzene rings is 2. The quantitative estimate of drug-likeness (QED) is 0.450. The Bertz CT molecular complexity index is 1170. The van der Waals surface area contributed by atoms with E-state index in [-0.39, 0.29) is 18.0 Å². The van der Waals surface area contributed by atoms with Crippen LogP contribution in [0.2, 0.25) is 10.0 Å². The van der Waals surface area contributed by atoms with Gasteiger partial charge in [-0.1, -0.05) is 42.8 Å². The molecule has 1 fully saturated rings. The largest absolute Gasteiger partial charge is 0.495 e. The summed E-state index contributed by atoms with van der Waals surface area (Å²) in [7, 11) is 1.59.